The fourth-order valence-corrected chi connectivity index (χ4v) is 2.73. The SMILES string of the molecule is CC(C)N=C1CCN(c2ccc(C(=O)N(C)C)cn2)C/C1=C(/N)C(=O)O. The molecule has 0 saturated carbocycles. The van der Waals surface area contributed by atoms with E-state index >= 15 is 0 Å². The van der Waals surface area contributed by atoms with Crippen LogP contribution in [0.5, 0.6) is 0 Å². The summed E-state index contributed by atoms with van der Waals surface area (Å²) in [7, 11) is 3.37. The van der Waals surface area contributed by atoms with E-state index in [1.165, 1.54) is 11.1 Å². The summed E-state index contributed by atoms with van der Waals surface area (Å²) < 4.78 is 0. The predicted octanol–water partition coefficient (Wildman–Crippen LogP) is 1.14. The molecule has 0 aliphatic carbocycles. The highest BCUT2D eigenvalue weighted by Gasteiger charge is 2.25. The van der Waals surface area contributed by atoms with Gasteiger partial charge in [-0.05, 0) is 26.0 Å². The largest absolute Gasteiger partial charge is 0.477 e. The first-order chi connectivity index (χ1) is 12.2. The Kier molecular flexibility index (Phi) is 5.97. The number of rotatable bonds is 4. The molecule has 0 spiro atoms. The first kappa shape index (κ1) is 19.4. The van der Waals surface area contributed by atoms with E-state index in [4.69, 9.17) is 5.73 Å². The van der Waals surface area contributed by atoms with Crippen molar-refractivity contribution in [1.82, 2.24) is 9.88 Å². The standard InChI is InChI=1S/C18H25N5O3/c1-11(2)21-14-7-8-23(10-13(14)16(19)18(25)26)15-6-5-12(9-20-15)17(24)22(3)4/h5-6,9,11H,7-8,10,19H2,1-4H3,(H,25,26)/b16-13-,21-14?. The van der Waals surface area contributed by atoms with Crippen LogP contribution in [0.3, 0.4) is 0 Å². The molecule has 1 saturated heterocycles. The summed E-state index contributed by atoms with van der Waals surface area (Å²) in [5, 5.41) is 9.28. The molecular weight excluding hydrogens is 334 g/mol. The molecule has 1 aromatic heterocycles. The summed E-state index contributed by atoms with van der Waals surface area (Å²) in [4.78, 5) is 35.6. The van der Waals surface area contributed by atoms with Crippen molar-refractivity contribution < 1.29 is 14.7 Å². The van der Waals surface area contributed by atoms with E-state index in [1.807, 2.05) is 18.7 Å². The number of hydrogen-bond acceptors (Lipinski definition) is 6. The van der Waals surface area contributed by atoms with Gasteiger partial charge in [-0.15, -0.1) is 0 Å². The summed E-state index contributed by atoms with van der Waals surface area (Å²) >= 11 is 0. The average Bonchev–Trinajstić information content (AvgIpc) is 2.60. The number of amides is 1. The van der Waals surface area contributed by atoms with Crippen LogP contribution >= 0.6 is 0 Å². The van der Waals surface area contributed by atoms with Gasteiger partial charge in [-0.2, -0.15) is 0 Å². The first-order valence-electron chi connectivity index (χ1n) is 8.42. The molecule has 140 valence electrons. The van der Waals surface area contributed by atoms with E-state index in [0.29, 0.717) is 36.5 Å². The van der Waals surface area contributed by atoms with Gasteiger partial charge >= 0.3 is 5.97 Å². The van der Waals surface area contributed by atoms with Crippen LogP contribution in [0.25, 0.3) is 0 Å². The van der Waals surface area contributed by atoms with Gasteiger partial charge in [0.05, 0.1) is 5.56 Å². The van der Waals surface area contributed by atoms with Crippen molar-refractivity contribution in [2.75, 3.05) is 32.1 Å². The van der Waals surface area contributed by atoms with Crippen molar-refractivity contribution >= 4 is 23.4 Å². The Labute approximate surface area is 153 Å². The molecule has 3 N–H and O–H groups in total. The van der Waals surface area contributed by atoms with Gasteiger partial charge in [-0.3, -0.25) is 9.79 Å². The van der Waals surface area contributed by atoms with E-state index in [-0.39, 0.29) is 17.6 Å². The fourth-order valence-electron chi connectivity index (χ4n) is 2.73. The maximum atomic E-state index is 12.0. The predicted molar refractivity (Wildman–Crippen MR) is 101 cm³/mol. The molecule has 0 aromatic carbocycles. The van der Waals surface area contributed by atoms with Crippen LogP contribution in [0.2, 0.25) is 0 Å². The minimum atomic E-state index is -1.15. The quantitative estimate of drug-likeness (QED) is 0.780. The van der Waals surface area contributed by atoms with Crippen molar-refractivity contribution in [3.8, 4) is 0 Å². The third kappa shape index (κ3) is 4.38. The van der Waals surface area contributed by atoms with E-state index < -0.39 is 5.97 Å². The van der Waals surface area contributed by atoms with Crippen LogP contribution in [0.15, 0.2) is 34.6 Å². The van der Waals surface area contributed by atoms with Crippen LogP contribution in [-0.4, -0.2) is 65.8 Å². The minimum Gasteiger partial charge on any atom is -0.477 e. The van der Waals surface area contributed by atoms with E-state index in [2.05, 4.69) is 9.98 Å². The second-order valence-corrected chi connectivity index (χ2v) is 6.64. The molecule has 1 amide bonds. The number of anilines is 1. The highest BCUT2D eigenvalue weighted by molar-refractivity contribution is 6.07. The molecule has 0 unspecified atom stereocenters. The van der Waals surface area contributed by atoms with Gasteiger partial charge in [0.2, 0.25) is 0 Å². The number of hydrogen-bond donors (Lipinski definition) is 2. The molecule has 8 nitrogen and oxygen atoms in total. The Balaban J connectivity index is 2.29. The van der Waals surface area contributed by atoms with Gasteiger partial charge in [-0.1, -0.05) is 0 Å². The molecule has 1 aliphatic heterocycles. The number of pyridine rings is 1. The number of carbonyl (C=O) groups is 2. The van der Waals surface area contributed by atoms with Crippen LogP contribution in [0, 0.1) is 0 Å². The number of aromatic nitrogens is 1. The summed E-state index contributed by atoms with van der Waals surface area (Å²) in [6, 6.07) is 3.53. The lowest BCUT2D eigenvalue weighted by molar-refractivity contribution is -0.132. The number of aliphatic imine (C=N–C) groups is 1. The normalized spacial score (nSPS) is 18.2. The molecule has 0 bridgehead atoms. The third-order valence-electron chi connectivity index (χ3n) is 4.01. The average molecular weight is 359 g/mol. The van der Waals surface area contributed by atoms with Gasteiger partial charge in [0, 0.05) is 57.1 Å². The van der Waals surface area contributed by atoms with Crippen molar-refractivity contribution in [2.45, 2.75) is 26.3 Å². The maximum absolute atomic E-state index is 12.0. The second-order valence-electron chi connectivity index (χ2n) is 6.64. The highest BCUT2D eigenvalue weighted by Crippen LogP contribution is 2.22. The Morgan fingerprint density at radius 3 is 2.54 bits per heavy atom. The van der Waals surface area contributed by atoms with Gasteiger partial charge in [0.1, 0.15) is 11.5 Å². The lowest BCUT2D eigenvalue weighted by Crippen LogP contribution is -2.39. The topological polar surface area (TPSA) is 112 Å². The minimum absolute atomic E-state index is 0.0580. The summed E-state index contributed by atoms with van der Waals surface area (Å²) in [5.41, 5.74) is 7.36. The van der Waals surface area contributed by atoms with Crippen LogP contribution in [0.4, 0.5) is 5.82 Å². The number of carbonyl (C=O) groups excluding carboxylic acids is 1. The number of aliphatic carboxylic acids is 1. The lowest BCUT2D eigenvalue weighted by atomic mass is 9.99. The van der Waals surface area contributed by atoms with Crippen molar-refractivity contribution in [1.29, 1.82) is 0 Å². The Bertz CT molecular complexity index is 751. The number of nitrogens with two attached hydrogens (primary N) is 1. The summed E-state index contributed by atoms with van der Waals surface area (Å²) in [5.74, 6) is -0.609. The Morgan fingerprint density at radius 2 is 2.04 bits per heavy atom. The smallest absolute Gasteiger partial charge is 0.352 e. The van der Waals surface area contributed by atoms with Crippen molar-refractivity contribution in [2.24, 2.45) is 10.7 Å². The molecule has 1 aromatic rings. The number of carboxylic acids is 1. The molecule has 2 rings (SSSR count). The Morgan fingerprint density at radius 1 is 1.35 bits per heavy atom. The fraction of sp³-hybridized carbons (Fsp3) is 0.444. The molecule has 0 atom stereocenters. The molecule has 2 heterocycles. The number of carboxylic acid groups (broad SMARTS) is 1. The third-order valence-corrected chi connectivity index (χ3v) is 4.01. The molecule has 1 fully saturated rings. The zero-order valence-corrected chi connectivity index (χ0v) is 15.6. The Hall–Kier alpha value is -2.90. The molecule has 1 aliphatic rings. The number of nitrogens with zero attached hydrogens (tertiary/aromatic N) is 4. The van der Waals surface area contributed by atoms with Gasteiger partial charge < -0.3 is 20.6 Å². The van der Waals surface area contributed by atoms with Gasteiger partial charge in [-0.25, -0.2) is 9.78 Å². The second kappa shape index (κ2) is 7.99. The first-order valence-corrected chi connectivity index (χ1v) is 8.42. The summed E-state index contributed by atoms with van der Waals surface area (Å²) in [6.45, 7) is 4.85. The molecule has 26 heavy (non-hydrogen) atoms. The summed E-state index contributed by atoms with van der Waals surface area (Å²) in [6.07, 6.45) is 2.11. The zero-order chi connectivity index (χ0) is 19.4. The highest BCUT2D eigenvalue weighted by atomic mass is 16.4. The van der Waals surface area contributed by atoms with E-state index in [0.717, 1.165) is 5.71 Å². The van der Waals surface area contributed by atoms with E-state index in [1.54, 1.807) is 26.2 Å². The number of piperidine rings is 1. The van der Waals surface area contributed by atoms with Crippen molar-refractivity contribution in [3.05, 3.63) is 35.2 Å². The molecular formula is C18H25N5O3. The maximum Gasteiger partial charge on any atom is 0.352 e. The van der Waals surface area contributed by atoms with E-state index in [9.17, 15) is 14.7 Å². The van der Waals surface area contributed by atoms with Crippen LogP contribution in [-0.2, 0) is 4.79 Å². The zero-order valence-electron chi connectivity index (χ0n) is 15.6. The molecule has 0 radical (unpaired) electrons. The monoisotopic (exact) mass is 359 g/mol. The van der Waals surface area contributed by atoms with Gasteiger partial charge in [0.15, 0.2) is 0 Å². The van der Waals surface area contributed by atoms with Crippen LogP contribution in [0.1, 0.15) is 30.6 Å². The lowest BCUT2D eigenvalue weighted by Gasteiger charge is -2.31. The van der Waals surface area contributed by atoms with Gasteiger partial charge in [0.25, 0.3) is 5.91 Å². The van der Waals surface area contributed by atoms with Crippen LogP contribution < -0.4 is 10.6 Å². The van der Waals surface area contributed by atoms with Crippen molar-refractivity contribution in [3.63, 3.8) is 0 Å². The molecule has 8 heteroatoms.